The molecule has 2 saturated heterocycles. The van der Waals surface area contributed by atoms with E-state index in [9.17, 15) is 24.7 Å². The van der Waals surface area contributed by atoms with Crippen LogP contribution in [0, 0.1) is 16.5 Å². The summed E-state index contributed by atoms with van der Waals surface area (Å²) in [5.74, 6) is -1.79. The summed E-state index contributed by atoms with van der Waals surface area (Å²) in [5, 5.41) is 29.7. The number of hydrogen-bond donors (Lipinski definition) is 5. The molecule has 38 heavy (non-hydrogen) atoms. The summed E-state index contributed by atoms with van der Waals surface area (Å²) in [4.78, 5) is 42.8. The maximum atomic E-state index is 13.1. The van der Waals surface area contributed by atoms with Crippen molar-refractivity contribution in [2.24, 2.45) is 17.1 Å². The molecule has 6 N–H and O–H groups in total. The van der Waals surface area contributed by atoms with Crippen molar-refractivity contribution in [1.29, 1.82) is 0 Å². The van der Waals surface area contributed by atoms with E-state index >= 15 is 0 Å². The van der Waals surface area contributed by atoms with Crippen LogP contribution in [0.1, 0.15) is 65.7 Å². The SMILES string of the molecule is CN1CCCN(CC(NC[NH+]([O-])CN2CCCC2C(=O)NC(CC2CCC2)C(=O)C(N)=O)C(C)(C)C)C1O. The molecule has 3 aliphatic rings. The van der Waals surface area contributed by atoms with Gasteiger partial charge < -0.3 is 26.4 Å². The standard InChI is InChI=1S/C26H49N7O5/c1-26(2,3)21(15-31-13-7-11-30(4)25(31)37)28-16-33(38)17-32-12-6-10-20(32)24(36)29-19(22(34)23(27)35)14-18-8-5-9-18/h18-21,25,28,33,37H,5-17H2,1-4H3,(H2,27,35)(H,29,36). The third-order valence-electron chi connectivity index (χ3n) is 8.40. The van der Waals surface area contributed by atoms with Crippen LogP contribution < -0.4 is 21.4 Å². The lowest BCUT2D eigenvalue weighted by molar-refractivity contribution is -0.863. The number of nitrogens with one attached hydrogen (secondary N) is 3. The highest BCUT2D eigenvalue weighted by atomic mass is 16.5. The first-order valence-electron chi connectivity index (χ1n) is 14.1. The Kier molecular flexibility index (Phi) is 11.0. The lowest BCUT2D eigenvalue weighted by Gasteiger charge is -2.43. The van der Waals surface area contributed by atoms with Crippen molar-refractivity contribution in [2.45, 2.75) is 90.2 Å². The highest BCUT2D eigenvalue weighted by molar-refractivity contribution is 6.37. The van der Waals surface area contributed by atoms with Gasteiger partial charge in [0.1, 0.15) is 13.3 Å². The van der Waals surface area contributed by atoms with Crippen LogP contribution in [0.3, 0.4) is 0 Å². The van der Waals surface area contributed by atoms with Gasteiger partial charge in [0.05, 0.1) is 12.1 Å². The number of likely N-dealkylation sites (tertiary alicyclic amines) is 1. The molecule has 12 nitrogen and oxygen atoms in total. The fraction of sp³-hybridized carbons (Fsp3) is 0.885. The lowest BCUT2D eigenvalue weighted by atomic mass is 9.80. The highest BCUT2D eigenvalue weighted by Gasteiger charge is 2.37. The Morgan fingerprint density at radius 2 is 1.76 bits per heavy atom. The van der Waals surface area contributed by atoms with Crippen LogP contribution in [-0.2, 0) is 14.4 Å². The van der Waals surface area contributed by atoms with Gasteiger partial charge in [-0.1, -0.05) is 40.0 Å². The number of carbonyl (C=O) groups is 3. The van der Waals surface area contributed by atoms with Crippen LogP contribution in [0.25, 0.3) is 0 Å². The fourth-order valence-corrected chi connectivity index (χ4v) is 5.66. The van der Waals surface area contributed by atoms with Crippen molar-refractivity contribution < 1.29 is 24.6 Å². The van der Waals surface area contributed by atoms with E-state index in [1.165, 1.54) is 0 Å². The predicted octanol–water partition coefficient (Wildman–Crippen LogP) is -1.60. The molecule has 0 spiro atoms. The van der Waals surface area contributed by atoms with Gasteiger partial charge in [-0.3, -0.25) is 29.5 Å². The van der Waals surface area contributed by atoms with Crippen LogP contribution in [-0.4, -0.2) is 108 Å². The molecular weight excluding hydrogens is 490 g/mol. The third-order valence-corrected chi connectivity index (χ3v) is 8.40. The Labute approximate surface area is 226 Å². The lowest BCUT2D eigenvalue weighted by Crippen LogP contribution is -3.11. The van der Waals surface area contributed by atoms with E-state index in [2.05, 4.69) is 31.4 Å². The zero-order valence-electron chi connectivity index (χ0n) is 23.6. The summed E-state index contributed by atoms with van der Waals surface area (Å²) in [6.45, 7) is 9.54. The summed E-state index contributed by atoms with van der Waals surface area (Å²) in [7, 11) is 1.90. The van der Waals surface area contributed by atoms with Gasteiger partial charge in [-0.15, -0.1) is 0 Å². The molecule has 5 atom stereocenters. The molecule has 1 aliphatic carbocycles. The summed E-state index contributed by atoms with van der Waals surface area (Å²) < 4.78 is 0. The molecule has 218 valence electrons. The van der Waals surface area contributed by atoms with Gasteiger partial charge in [0.2, 0.25) is 11.7 Å². The number of Topliss-reactive ketones (excluding diaryl/α,β-unsaturated/α-hetero) is 1. The average Bonchev–Trinajstić information content (AvgIpc) is 3.27. The maximum Gasteiger partial charge on any atom is 0.287 e. The van der Waals surface area contributed by atoms with Gasteiger partial charge in [-0.25, -0.2) is 4.90 Å². The number of hydroxylamine groups is 2. The number of aliphatic hydroxyl groups is 1. The number of aliphatic hydroxyl groups excluding tert-OH is 1. The van der Waals surface area contributed by atoms with E-state index in [-0.39, 0.29) is 35.8 Å². The van der Waals surface area contributed by atoms with E-state index in [4.69, 9.17) is 5.73 Å². The Bertz CT molecular complexity index is 818. The Morgan fingerprint density at radius 1 is 1.08 bits per heavy atom. The second-order valence-electron chi connectivity index (χ2n) is 12.5. The molecular formula is C26H49N7O5. The van der Waals surface area contributed by atoms with Gasteiger partial charge in [0, 0.05) is 32.2 Å². The van der Waals surface area contributed by atoms with Crippen molar-refractivity contribution in [3.8, 4) is 0 Å². The van der Waals surface area contributed by atoms with E-state index < -0.39 is 30.1 Å². The Morgan fingerprint density at radius 3 is 2.37 bits per heavy atom. The van der Waals surface area contributed by atoms with E-state index in [1.54, 1.807) is 0 Å². The molecule has 0 radical (unpaired) electrons. The predicted molar refractivity (Wildman–Crippen MR) is 143 cm³/mol. The molecule has 5 unspecified atom stereocenters. The molecule has 0 aromatic rings. The van der Waals surface area contributed by atoms with Crippen LogP contribution in [0.5, 0.6) is 0 Å². The minimum atomic E-state index is -1.03. The summed E-state index contributed by atoms with van der Waals surface area (Å²) in [6.07, 6.45) is 5.21. The molecule has 3 fully saturated rings. The van der Waals surface area contributed by atoms with E-state index in [1.807, 2.05) is 21.7 Å². The molecule has 12 heteroatoms. The first-order valence-corrected chi connectivity index (χ1v) is 14.1. The van der Waals surface area contributed by atoms with Gasteiger partial charge in [-0.05, 0) is 44.1 Å². The number of hydrogen-bond acceptors (Lipinski definition) is 9. The van der Waals surface area contributed by atoms with Crippen molar-refractivity contribution in [2.75, 3.05) is 46.6 Å². The first-order chi connectivity index (χ1) is 17.9. The number of carbonyl (C=O) groups excluding carboxylic acids is 3. The molecule has 2 amide bonds. The number of primary amides is 1. The highest BCUT2D eigenvalue weighted by Crippen LogP contribution is 2.31. The smallest absolute Gasteiger partial charge is 0.287 e. The largest absolute Gasteiger partial charge is 0.632 e. The average molecular weight is 540 g/mol. The molecule has 2 heterocycles. The van der Waals surface area contributed by atoms with Crippen LogP contribution >= 0.6 is 0 Å². The summed E-state index contributed by atoms with van der Waals surface area (Å²) in [5.41, 5.74) is 5.10. The minimum absolute atomic E-state index is 0.0163. The summed E-state index contributed by atoms with van der Waals surface area (Å²) in [6, 6.07) is -1.43. The molecule has 0 aromatic carbocycles. The third kappa shape index (κ3) is 8.41. The Balaban J connectivity index is 1.53. The van der Waals surface area contributed by atoms with E-state index in [0.29, 0.717) is 31.8 Å². The van der Waals surface area contributed by atoms with E-state index in [0.717, 1.165) is 45.2 Å². The Hall–Kier alpha value is -1.67. The van der Waals surface area contributed by atoms with Crippen molar-refractivity contribution >= 4 is 17.6 Å². The number of amides is 2. The number of rotatable bonds is 13. The van der Waals surface area contributed by atoms with Gasteiger partial charge in [-0.2, -0.15) is 0 Å². The maximum absolute atomic E-state index is 13.1. The number of ketones is 1. The topological polar surface area (TPSA) is 159 Å². The second kappa shape index (κ2) is 13.6. The number of quaternary nitrogens is 1. The molecule has 1 saturated carbocycles. The monoisotopic (exact) mass is 539 g/mol. The summed E-state index contributed by atoms with van der Waals surface area (Å²) >= 11 is 0. The van der Waals surface area contributed by atoms with Gasteiger partial charge in [0.25, 0.3) is 5.91 Å². The molecule has 0 bridgehead atoms. The fourth-order valence-electron chi connectivity index (χ4n) is 5.66. The zero-order chi connectivity index (χ0) is 28.0. The van der Waals surface area contributed by atoms with Gasteiger partial charge in [0.15, 0.2) is 6.35 Å². The first kappa shape index (κ1) is 30.9. The number of nitrogens with two attached hydrogens (primary N) is 1. The molecule has 3 rings (SSSR count). The molecule has 2 aliphatic heterocycles. The minimum Gasteiger partial charge on any atom is -0.632 e. The normalized spacial score (nSPS) is 26.5. The van der Waals surface area contributed by atoms with Crippen molar-refractivity contribution in [1.82, 2.24) is 25.3 Å². The van der Waals surface area contributed by atoms with Crippen LogP contribution in [0.4, 0.5) is 0 Å². The van der Waals surface area contributed by atoms with Gasteiger partial charge >= 0.3 is 0 Å². The zero-order valence-corrected chi connectivity index (χ0v) is 23.6. The van der Waals surface area contributed by atoms with Crippen molar-refractivity contribution in [3.63, 3.8) is 0 Å². The molecule has 0 aromatic heterocycles. The second-order valence-corrected chi connectivity index (χ2v) is 12.5. The number of nitrogens with zero attached hydrogens (tertiary/aromatic N) is 3. The van der Waals surface area contributed by atoms with Crippen LogP contribution in [0.15, 0.2) is 0 Å². The quantitative estimate of drug-likeness (QED) is 0.106. The van der Waals surface area contributed by atoms with Crippen molar-refractivity contribution in [3.05, 3.63) is 5.21 Å². The van der Waals surface area contributed by atoms with Crippen LogP contribution in [0.2, 0.25) is 0 Å².